The molecule has 0 aliphatic heterocycles. The number of nitrogens with one attached hydrogen (secondary N) is 1. The molecule has 3 N–H and O–H groups in total. The minimum absolute atomic E-state index is 0.204. The quantitative estimate of drug-likeness (QED) is 0.872. The van der Waals surface area contributed by atoms with Gasteiger partial charge in [-0.15, -0.1) is 0 Å². The van der Waals surface area contributed by atoms with Gasteiger partial charge in [-0.1, -0.05) is 32.1 Å². The van der Waals surface area contributed by atoms with E-state index >= 15 is 0 Å². The van der Waals surface area contributed by atoms with Crippen molar-refractivity contribution in [3.8, 4) is 0 Å². The molecule has 0 spiro atoms. The molecule has 1 fully saturated rings. The van der Waals surface area contributed by atoms with Gasteiger partial charge in [0.25, 0.3) is 0 Å². The maximum atomic E-state index is 12.5. The Morgan fingerprint density at radius 3 is 2.40 bits per heavy atom. The van der Waals surface area contributed by atoms with E-state index in [1.165, 1.54) is 23.5 Å². The van der Waals surface area contributed by atoms with E-state index in [2.05, 4.69) is 9.82 Å². The molecular weight excluding hydrogens is 276 g/mol. The lowest BCUT2D eigenvalue weighted by molar-refractivity contribution is 0.296. The fourth-order valence-electron chi connectivity index (χ4n) is 2.81. The highest BCUT2D eigenvalue weighted by Crippen LogP contribution is 2.27. The van der Waals surface area contributed by atoms with Gasteiger partial charge in [-0.2, -0.15) is 5.10 Å². The number of aryl methyl sites for hydroxylation is 1. The highest BCUT2D eigenvalue weighted by Gasteiger charge is 2.34. The van der Waals surface area contributed by atoms with Crippen molar-refractivity contribution in [2.75, 3.05) is 6.54 Å². The number of sulfonamides is 1. The maximum absolute atomic E-state index is 12.5. The average Bonchev–Trinajstić information content (AvgIpc) is 2.80. The summed E-state index contributed by atoms with van der Waals surface area (Å²) in [5.41, 5.74) is 5.40. The first-order valence-electron chi connectivity index (χ1n) is 7.20. The Hall–Kier alpha value is -0.920. The molecule has 1 aromatic heterocycles. The molecular formula is C13H24N4O2S. The Bertz CT molecular complexity index is 530. The molecule has 1 saturated carbocycles. The summed E-state index contributed by atoms with van der Waals surface area (Å²) >= 11 is 0. The van der Waals surface area contributed by atoms with Gasteiger partial charge in [0.05, 0.1) is 6.20 Å². The topological polar surface area (TPSA) is 90.0 Å². The number of nitrogens with zero attached hydrogens (tertiary/aromatic N) is 2. The molecule has 0 atom stereocenters. The summed E-state index contributed by atoms with van der Waals surface area (Å²) in [6.45, 7) is 0.340. The van der Waals surface area contributed by atoms with Gasteiger partial charge in [-0.05, 0) is 12.8 Å². The summed E-state index contributed by atoms with van der Waals surface area (Å²) in [7, 11) is -1.85. The second kappa shape index (κ2) is 6.24. The SMILES string of the molecule is Cn1cc(S(=O)(=O)NC2(CN)CCCCCCC2)cn1. The summed E-state index contributed by atoms with van der Waals surface area (Å²) < 4.78 is 29.2. The average molecular weight is 300 g/mol. The van der Waals surface area contributed by atoms with Crippen LogP contribution in [0.25, 0.3) is 0 Å². The summed E-state index contributed by atoms with van der Waals surface area (Å²) in [4.78, 5) is 0.204. The predicted molar refractivity (Wildman–Crippen MR) is 77.6 cm³/mol. The largest absolute Gasteiger partial charge is 0.329 e. The molecule has 1 aliphatic rings. The van der Waals surface area contributed by atoms with Crippen LogP contribution in [0.4, 0.5) is 0 Å². The van der Waals surface area contributed by atoms with E-state index < -0.39 is 15.6 Å². The van der Waals surface area contributed by atoms with Gasteiger partial charge in [-0.25, -0.2) is 13.1 Å². The summed E-state index contributed by atoms with van der Waals surface area (Å²) in [5.74, 6) is 0. The van der Waals surface area contributed by atoms with E-state index in [0.29, 0.717) is 6.54 Å². The minimum Gasteiger partial charge on any atom is -0.329 e. The molecule has 6 nitrogen and oxygen atoms in total. The third kappa shape index (κ3) is 3.59. The van der Waals surface area contributed by atoms with Crippen molar-refractivity contribution in [3.05, 3.63) is 12.4 Å². The highest BCUT2D eigenvalue weighted by molar-refractivity contribution is 7.89. The first kappa shape index (κ1) is 15.5. The summed E-state index contributed by atoms with van der Waals surface area (Å²) in [6.07, 6.45) is 10.1. The molecule has 0 amide bonds. The molecule has 0 aromatic carbocycles. The van der Waals surface area contributed by atoms with Crippen LogP contribution < -0.4 is 10.5 Å². The van der Waals surface area contributed by atoms with Gasteiger partial charge in [-0.3, -0.25) is 4.68 Å². The monoisotopic (exact) mass is 300 g/mol. The van der Waals surface area contributed by atoms with Gasteiger partial charge in [0, 0.05) is 25.3 Å². The molecule has 20 heavy (non-hydrogen) atoms. The number of aromatic nitrogens is 2. The Morgan fingerprint density at radius 1 is 1.30 bits per heavy atom. The van der Waals surface area contributed by atoms with Crippen LogP contribution in [0.1, 0.15) is 44.9 Å². The van der Waals surface area contributed by atoms with Crippen LogP contribution in [0, 0.1) is 0 Å². The fourth-order valence-corrected chi connectivity index (χ4v) is 4.26. The van der Waals surface area contributed by atoms with E-state index in [4.69, 9.17) is 5.73 Å². The van der Waals surface area contributed by atoms with E-state index in [0.717, 1.165) is 38.5 Å². The van der Waals surface area contributed by atoms with E-state index in [-0.39, 0.29) is 4.90 Å². The zero-order chi connectivity index (χ0) is 14.6. The third-order valence-electron chi connectivity index (χ3n) is 4.04. The molecule has 114 valence electrons. The van der Waals surface area contributed by atoms with Crippen molar-refractivity contribution in [1.29, 1.82) is 0 Å². The molecule has 1 aliphatic carbocycles. The van der Waals surface area contributed by atoms with Crippen LogP contribution in [-0.4, -0.2) is 30.3 Å². The normalized spacial score (nSPS) is 20.3. The number of rotatable bonds is 4. The van der Waals surface area contributed by atoms with Crippen molar-refractivity contribution >= 4 is 10.0 Å². The van der Waals surface area contributed by atoms with E-state index in [1.807, 2.05) is 0 Å². The zero-order valence-electron chi connectivity index (χ0n) is 12.0. The lowest BCUT2D eigenvalue weighted by atomic mass is 9.85. The molecule has 0 bridgehead atoms. The summed E-state index contributed by atoms with van der Waals surface area (Å²) in [5, 5.41) is 3.92. The van der Waals surface area contributed by atoms with E-state index in [9.17, 15) is 8.42 Å². The third-order valence-corrected chi connectivity index (χ3v) is 5.58. The van der Waals surface area contributed by atoms with Crippen molar-refractivity contribution < 1.29 is 8.42 Å². The molecule has 7 heteroatoms. The molecule has 2 rings (SSSR count). The first-order valence-corrected chi connectivity index (χ1v) is 8.68. The Labute approximate surface area is 120 Å². The van der Waals surface area contributed by atoms with Gasteiger partial charge >= 0.3 is 0 Å². The van der Waals surface area contributed by atoms with Crippen LogP contribution in [0.3, 0.4) is 0 Å². The van der Waals surface area contributed by atoms with Crippen LogP contribution in [0.2, 0.25) is 0 Å². The van der Waals surface area contributed by atoms with Gasteiger partial charge < -0.3 is 5.73 Å². The second-order valence-corrected chi connectivity index (χ2v) is 7.39. The van der Waals surface area contributed by atoms with E-state index in [1.54, 1.807) is 7.05 Å². The van der Waals surface area contributed by atoms with Crippen molar-refractivity contribution in [3.63, 3.8) is 0 Å². The first-order chi connectivity index (χ1) is 9.47. The molecule has 1 heterocycles. The highest BCUT2D eigenvalue weighted by atomic mass is 32.2. The fraction of sp³-hybridized carbons (Fsp3) is 0.769. The number of hydrogen-bond donors (Lipinski definition) is 2. The van der Waals surface area contributed by atoms with Crippen LogP contribution in [0.5, 0.6) is 0 Å². The summed E-state index contributed by atoms with van der Waals surface area (Å²) in [6, 6.07) is 0. The second-order valence-electron chi connectivity index (χ2n) is 5.71. The Morgan fingerprint density at radius 2 is 1.90 bits per heavy atom. The lowest BCUT2D eigenvalue weighted by Gasteiger charge is -2.34. The molecule has 1 aromatic rings. The van der Waals surface area contributed by atoms with Crippen LogP contribution in [0.15, 0.2) is 17.3 Å². The molecule has 0 unspecified atom stereocenters. The predicted octanol–water partition coefficient (Wildman–Crippen LogP) is 1.14. The van der Waals surface area contributed by atoms with Gasteiger partial charge in [0.2, 0.25) is 10.0 Å². The standard InChI is InChI=1S/C13H24N4O2S/c1-17-10-12(9-15-17)20(18,19)16-13(11-14)7-5-3-2-4-6-8-13/h9-10,16H,2-8,11,14H2,1H3. The Balaban J connectivity index is 2.19. The van der Waals surface area contributed by atoms with Gasteiger partial charge in [0.15, 0.2) is 0 Å². The smallest absolute Gasteiger partial charge is 0.244 e. The minimum atomic E-state index is -3.55. The van der Waals surface area contributed by atoms with Crippen molar-refractivity contribution in [2.24, 2.45) is 12.8 Å². The van der Waals surface area contributed by atoms with Crippen molar-refractivity contribution in [2.45, 2.75) is 55.4 Å². The zero-order valence-corrected chi connectivity index (χ0v) is 12.8. The Kier molecular flexibility index (Phi) is 4.82. The van der Waals surface area contributed by atoms with Crippen molar-refractivity contribution in [1.82, 2.24) is 14.5 Å². The van der Waals surface area contributed by atoms with Gasteiger partial charge in [0.1, 0.15) is 4.90 Å². The number of hydrogen-bond acceptors (Lipinski definition) is 4. The molecule has 0 radical (unpaired) electrons. The lowest BCUT2D eigenvalue weighted by Crippen LogP contribution is -2.53. The van der Waals surface area contributed by atoms with Crippen LogP contribution in [-0.2, 0) is 17.1 Å². The van der Waals surface area contributed by atoms with Crippen LogP contribution >= 0.6 is 0 Å². The maximum Gasteiger partial charge on any atom is 0.244 e. The molecule has 0 saturated heterocycles. The number of nitrogens with two attached hydrogens (primary N) is 1.